The molecule has 0 spiro atoms. The molecule has 0 heterocycles. The van der Waals surface area contributed by atoms with Gasteiger partial charge in [-0.15, -0.1) is 0 Å². The van der Waals surface area contributed by atoms with Gasteiger partial charge < -0.3 is 21.1 Å². The lowest BCUT2D eigenvalue weighted by Crippen LogP contribution is -2.49. The summed E-state index contributed by atoms with van der Waals surface area (Å²) in [4.78, 5) is 43.2. The summed E-state index contributed by atoms with van der Waals surface area (Å²) in [7, 11) is 0. The van der Waals surface area contributed by atoms with Crippen molar-refractivity contribution in [1.29, 1.82) is 0 Å². The molecule has 0 fully saturated rings. The van der Waals surface area contributed by atoms with Gasteiger partial charge in [0.05, 0.1) is 6.54 Å². The topological polar surface area (TPSA) is 125 Å². The third-order valence-corrected chi connectivity index (χ3v) is 1.99. The van der Waals surface area contributed by atoms with Gasteiger partial charge in [-0.25, -0.2) is 0 Å². The number of aliphatic carboxylic acids is 1. The Morgan fingerprint density at radius 3 is 2.44 bits per heavy atom. The molecule has 0 rings (SSSR count). The summed E-state index contributed by atoms with van der Waals surface area (Å²) in [6.45, 7) is 1.10. The summed E-state index contributed by atoms with van der Waals surface area (Å²) in [5.41, 5.74) is 0. The van der Waals surface area contributed by atoms with E-state index < -0.39 is 30.4 Å². The summed E-state index contributed by atoms with van der Waals surface area (Å²) in [5.74, 6) is -2.22. The molecular formula is C10H17N3O5. The third-order valence-electron chi connectivity index (χ3n) is 1.99. The first kappa shape index (κ1) is 15.9. The largest absolute Gasteiger partial charge is 0.480 e. The van der Waals surface area contributed by atoms with Crippen LogP contribution in [0, 0.1) is 0 Å². The van der Waals surface area contributed by atoms with E-state index in [1.807, 2.05) is 6.92 Å². The Morgan fingerprint density at radius 2 is 1.94 bits per heavy atom. The minimum absolute atomic E-state index is 0.226. The molecule has 18 heavy (non-hydrogen) atoms. The second kappa shape index (κ2) is 8.97. The number of nitrogens with one attached hydrogen (secondary N) is 3. The zero-order valence-corrected chi connectivity index (χ0v) is 10.1. The average molecular weight is 259 g/mol. The van der Waals surface area contributed by atoms with Crippen LogP contribution in [-0.2, 0) is 19.2 Å². The Hall–Kier alpha value is -2.12. The van der Waals surface area contributed by atoms with E-state index in [1.165, 1.54) is 0 Å². The van der Waals surface area contributed by atoms with Crippen molar-refractivity contribution in [1.82, 2.24) is 16.0 Å². The SMILES string of the molecule is CCCC(NC(=O)CNC=O)C(=O)NCC(=O)O. The lowest BCUT2D eigenvalue weighted by molar-refractivity contribution is -0.138. The second-order valence-corrected chi connectivity index (χ2v) is 3.52. The highest BCUT2D eigenvalue weighted by Gasteiger charge is 2.19. The summed E-state index contributed by atoms with van der Waals surface area (Å²) >= 11 is 0. The lowest BCUT2D eigenvalue weighted by Gasteiger charge is -2.17. The molecule has 0 saturated carbocycles. The van der Waals surface area contributed by atoms with Gasteiger partial charge in [0, 0.05) is 0 Å². The summed E-state index contributed by atoms with van der Waals surface area (Å²) in [6, 6.07) is -0.796. The average Bonchev–Trinajstić information content (AvgIpc) is 2.32. The van der Waals surface area contributed by atoms with Gasteiger partial charge in [-0.3, -0.25) is 19.2 Å². The standard InChI is InChI=1S/C10H17N3O5/c1-2-3-7(10(18)12-5-9(16)17)13-8(15)4-11-6-14/h6-7H,2-5H2,1H3,(H,11,14)(H,12,18)(H,13,15)(H,16,17). The molecule has 0 aliphatic heterocycles. The van der Waals surface area contributed by atoms with Crippen LogP contribution in [0.5, 0.6) is 0 Å². The van der Waals surface area contributed by atoms with E-state index in [-0.39, 0.29) is 6.54 Å². The van der Waals surface area contributed by atoms with Crippen molar-refractivity contribution in [2.45, 2.75) is 25.8 Å². The second-order valence-electron chi connectivity index (χ2n) is 3.52. The number of amides is 3. The summed E-state index contributed by atoms with van der Waals surface area (Å²) in [6.07, 6.45) is 1.41. The van der Waals surface area contributed by atoms with E-state index in [4.69, 9.17) is 5.11 Å². The molecule has 0 aliphatic carbocycles. The number of hydrogen-bond donors (Lipinski definition) is 4. The lowest BCUT2D eigenvalue weighted by atomic mass is 10.1. The highest BCUT2D eigenvalue weighted by Crippen LogP contribution is 1.96. The van der Waals surface area contributed by atoms with Crippen molar-refractivity contribution in [3.63, 3.8) is 0 Å². The molecule has 0 saturated heterocycles. The van der Waals surface area contributed by atoms with Crippen LogP contribution >= 0.6 is 0 Å². The van der Waals surface area contributed by atoms with Crippen molar-refractivity contribution in [3.8, 4) is 0 Å². The maximum Gasteiger partial charge on any atom is 0.322 e. The molecule has 0 aliphatic rings. The van der Waals surface area contributed by atoms with Crippen molar-refractivity contribution in [3.05, 3.63) is 0 Å². The molecule has 1 unspecified atom stereocenters. The van der Waals surface area contributed by atoms with Crippen molar-refractivity contribution in [2.24, 2.45) is 0 Å². The van der Waals surface area contributed by atoms with E-state index in [9.17, 15) is 19.2 Å². The number of carbonyl (C=O) groups is 4. The number of carboxylic acids is 1. The Morgan fingerprint density at radius 1 is 1.28 bits per heavy atom. The number of hydrogen-bond acceptors (Lipinski definition) is 4. The van der Waals surface area contributed by atoms with Gasteiger partial charge in [-0.1, -0.05) is 13.3 Å². The fraction of sp³-hybridized carbons (Fsp3) is 0.600. The minimum atomic E-state index is -1.16. The Kier molecular flexibility index (Phi) is 7.91. The minimum Gasteiger partial charge on any atom is -0.480 e. The molecule has 0 aromatic carbocycles. The quantitative estimate of drug-likeness (QED) is 0.364. The molecule has 4 N–H and O–H groups in total. The van der Waals surface area contributed by atoms with Crippen molar-refractivity contribution >= 4 is 24.2 Å². The fourth-order valence-electron chi connectivity index (χ4n) is 1.22. The maximum absolute atomic E-state index is 11.6. The molecule has 1 atom stereocenters. The number of rotatable bonds is 9. The van der Waals surface area contributed by atoms with Gasteiger partial charge in [-0.2, -0.15) is 0 Å². The van der Waals surface area contributed by atoms with Crippen LogP contribution in [0.2, 0.25) is 0 Å². The third kappa shape index (κ3) is 7.20. The molecule has 0 radical (unpaired) electrons. The van der Waals surface area contributed by atoms with Crippen molar-refractivity contribution in [2.75, 3.05) is 13.1 Å². The first-order valence-electron chi connectivity index (χ1n) is 5.47. The predicted molar refractivity (Wildman–Crippen MR) is 61.6 cm³/mol. The zero-order chi connectivity index (χ0) is 14.0. The maximum atomic E-state index is 11.6. The van der Waals surface area contributed by atoms with Crippen LogP contribution in [0.25, 0.3) is 0 Å². The van der Waals surface area contributed by atoms with Gasteiger partial charge in [0.25, 0.3) is 0 Å². The highest BCUT2D eigenvalue weighted by atomic mass is 16.4. The Balaban J connectivity index is 4.26. The van der Waals surface area contributed by atoms with E-state index in [2.05, 4.69) is 16.0 Å². The molecule has 8 heteroatoms. The summed E-state index contributed by atoms with van der Waals surface area (Å²) < 4.78 is 0. The predicted octanol–water partition coefficient (Wildman–Crippen LogP) is -1.78. The van der Waals surface area contributed by atoms with Gasteiger partial charge in [0.2, 0.25) is 18.2 Å². The van der Waals surface area contributed by atoms with Crippen LogP contribution in [0.15, 0.2) is 0 Å². The first-order chi connectivity index (χ1) is 8.51. The molecule has 102 valence electrons. The molecular weight excluding hydrogens is 242 g/mol. The first-order valence-corrected chi connectivity index (χ1v) is 5.47. The van der Waals surface area contributed by atoms with Crippen LogP contribution in [0.1, 0.15) is 19.8 Å². The molecule has 0 aromatic rings. The van der Waals surface area contributed by atoms with Gasteiger partial charge >= 0.3 is 5.97 Å². The molecule has 0 aromatic heterocycles. The van der Waals surface area contributed by atoms with Crippen LogP contribution < -0.4 is 16.0 Å². The van der Waals surface area contributed by atoms with Crippen LogP contribution in [-0.4, -0.2) is 48.4 Å². The van der Waals surface area contributed by atoms with E-state index >= 15 is 0 Å². The van der Waals surface area contributed by atoms with Gasteiger partial charge in [-0.05, 0) is 6.42 Å². The Bertz CT molecular complexity index is 319. The zero-order valence-electron chi connectivity index (χ0n) is 10.1. The molecule has 0 bridgehead atoms. The van der Waals surface area contributed by atoms with Gasteiger partial charge in [0.15, 0.2) is 0 Å². The van der Waals surface area contributed by atoms with E-state index in [1.54, 1.807) is 0 Å². The van der Waals surface area contributed by atoms with Crippen molar-refractivity contribution < 1.29 is 24.3 Å². The molecule has 3 amide bonds. The smallest absolute Gasteiger partial charge is 0.322 e. The summed E-state index contributed by atoms with van der Waals surface area (Å²) in [5, 5.41) is 15.2. The number of carboxylic acid groups (broad SMARTS) is 1. The fourth-order valence-corrected chi connectivity index (χ4v) is 1.22. The van der Waals surface area contributed by atoms with Crippen LogP contribution in [0.3, 0.4) is 0 Å². The molecule has 8 nitrogen and oxygen atoms in total. The Labute approximate surface area is 104 Å². The van der Waals surface area contributed by atoms with Gasteiger partial charge in [0.1, 0.15) is 12.6 Å². The number of carbonyl (C=O) groups excluding carboxylic acids is 3. The monoisotopic (exact) mass is 259 g/mol. The van der Waals surface area contributed by atoms with E-state index in [0.29, 0.717) is 19.3 Å². The van der Waals surface area contributed by atoms with E-state index in [0.717, 1.165) is 0 Å². The normalized spacial score (nSPS) is 11.2. The van der Waals surface area contributed by atoms with Crippen LogP contribution in [0.4, 0.5) is 0 Å². The highest BCUT2D eigenvalue weighted by molar-refractivity contribution is 5.90.